The van der Waals surface area contributed by atoms with Crippen molar-refractivity contribution in [3.05, 3.63) is 46.7 Å². The topological polar surface area (TPSA) is 136 Å². The Bertz CT molecular complexity index is 1460. The molecule has 0 bridgehead atoms. The number of hydrogen-bond donors (Lipinski definition) is 3. The monoisotopic (exact) mass is 663 g/mol. The van der Waals surface area contributed by atoms with Crippen LogP contribution >= 0.6 is 0 Å². The molecule has 4 aliphatic rings. The number of carbonyl (C=O) groups is 2. The number of aliphatic hydroxyl groups excluding tert-OH is 1. The van der Waals surface area contributed by atoms with Crippen molar-refractivity contribution in [3.8, 4) is 5.75 Å². The van der Waals surface area contributed by atoms with Gasteiger partial charge in [0.2, 0.25) is 11.8 Å². The summed E-state index contributed by atoms with van der Waals surface area (Å²) in [6, 6.07) is 4.59. The first-order valence-electron chi connectivity index (χ1n) is 17.8. The Morgan fingerprint density at radius 3 is 2.60 bits per heavy atom. The molecule has 2 aromatic rings. The lowest BCUT2D eigenvalue weighted by Crippen LogP contribution is -2.54. The van der Waals surface area contributed by atoms with Crippen LogP contribution in [0, 0.1) is 25.7 Å². The van der Waals surface area contributed by atoms with Crippen LogP contribution in [0.1, 0.15) is 74.1 Å². The Morgan fingerprint density at radius 2 is 1.92 bits per heavy atom. The molecule has 1 saturated heterocycles. The second-order valence-electron chi connectivity index (χ2n) is 14.3. The number of rotatable bonds is 11. The number of piperazine rings is 1. The highest BCUT2D eigenvalue weighted by molar-refractivity contribution is 5.90. The van der Waals surface area contributed by atoms with Gasteiger partial charge in [0.1, 0.15) is 24.4 Å². The molecule has 0 spiro atoms. The average molecular weight is 664 g/mol. The quantitative estimate of drug-likeness (QED) is 0.332. The van der Waals surface area contributed by atoms with Gasteiger partial charge in [0.25, 0.3) is 0 Å². The first-order chi connectivity index (χ1) is 23.1. The van der Waals surface area contributed by atoms with Crippen molar-refractivity contribution in [2.24, 2.45) is 16.8 Å². The molecule has 3 atom stereocenters. The van der Waals surface area contributed by atoms with Gasteiger partial charge in [-0.05, 0) is 62.3 Å². The molecule has 1 saturated carbocycles. The van der Waals surface area contributed by atoms with Crippen LogP contribution in [-0.4, -0.2) is 107 Å². The van der Waals surface area contributed by atoms with Crippen LogP contribution in [0.15, 0.2) is 27.9 Å². The smallest absolute Gasteiger partial charge is 0.225 e. The van der Waals surface area contributed by atoms with E-state index in [9.17, 15) is 14.7 Å². The first kappa shape index (κ1) is 34.4. The van der Waals surface area contributed by atoms with E-state index < -0.39 is 6.10 Å². The highest BCUT2D eigenvalue weighted by Gasteiger charge is 2.35. The van der Waals surface area contributed by atoms with Crippen molar-refractivity contribution < 1.29 is 23.8 Å². The van der Waals surface area contributed by atoms with Gasteiger partial charge in [0.05, 0.1) is 11.8 Å². The maximum absolute atomic E-state index is 13.5. The maximum Gasteiger partial charge on any atom is 0.225 e. The molecule has 1 aromatic carbocycles. The number of β-amino-alcohol motifs (C(OH)–C–C–N with tert-alkyl or cyclic N) is 1. The molecule has 12 heteroatoms. The molecular formula is C36H53N7O5. The van der Waals surface area contributed by atoms with Gasteiger partial charge >= 0.3 is 0 Å². The number of benzene rings is 1. The van der Waals surface area contributed by atoms with Crippen molar-refractivity contribution in [1.29, 1.82) is 0 Å². The summed E-state index contributed by atoms with van der Waals surface area (Å²) in [6.07, 6.45) is 6.32. The lowest BCUT2D eigenvalue weighted by molar-refractivity contribution is -0.135. The minimum atomic E-state index is -0.670. The number of aryl methyl sites for hydroxylation is 1. The Morgan fingerprint density at radius 1 is 1.12 bits per heavy atom. The van der Waals surface area contributed by atoms with E-state index in [0.717, 1.165) is 74.0 Å². The van der Waals surface area contributed by atoms with Gasteiger partial charge in [-0.2, -0.15) is 0 Å². The molecule has 48 heavy (non-hydrogen) atoms. The van der Waals surface area contributed by atoms with E-state index in [1.54, 1.807) is 0 Å². The molecule has 1 aromatic heterocycles. The predicted octanol–water partition coefficient (Wildman–Crippen LogP) is 2.78. The summed E-state index contributed by atoms with van der Waals surface area (Å²) in [6.45, 7) is 13.3. The summed E-state index contributed by atoms with van der Waals surface area (Å²) in [5.41, 5.74) is 4.52. The molecular weight excluding hydrogens is 610 g/mol. The van der Waals surface area contributed by atoms with E-state index in [1.165, 1.54) is 23.9 Å². The van der Waals surface area contributed by atoms with Crippen LogP contribution in [0.4, 0.5) is 0 Å². The summed E-state index contributed by atoms with van der Waals surface area (Å²) in [7, 11) is 0. The van der Waals surface area contributed by atoms with E-state index in [1.807, 2.05) is 31.7 Å². The van der Waals surface area contributed by atoms with Crippen LogP contribution in [-0.2, 0) is 29.2 Å². The Hall–Kier alpha value is -3.48. The van der Waals surface area contributed by atoms with Crippen molar-refractivity contribution >= 4 is 17.6 Å². The van der Waals surface area contributed by atoms with Gasteiger partial charge in [0, 0.05) is 76.7 Å². The molecule has 12 nitrogen and oxygen atoms in total. The predicted molar refractivity (Wildman–Crippen MR) is 182 cm³/mol. The normalized spacial score (nSPS) is 22.6. The number of ether oxygens (including phenoxy) is 1. The van der Waals surface area contributed by atoms with E-state index >= 15 is 0 Å². The van der Waals surface area contributed by atoms with Crippen LogP contribution in [0.25, 0.3) is 0 Å². The fraction of sp³-hybridized carbons (Fsp3) is 0.667. The van der Waals surface area contributed by atoms with Crippen molar-refractivity contribution in [2.75, 3.05) is 45.8 Å². The van der Waals surface area contributed by atoms with Gasteiger partial charge in [-0.1, -0.05) is 26.3 Å². The first-order valence-corrected chi connectivity index (χ1v) is 17.8. The number of hydrogen-bond acceptors (Lipinski definition) is 10. The fourth-order valence-electron chi connectivity index (χ4n) is 7.29. The largest absolute Gasteiger partial charge is 0.485 e. The third kappa shape index (κ3) is 8.20. The second-order valence-corrected chi connectivity index (χ2v) is 14.3. The summed E-state index contributed by atoms with van der Waals surface area (Å²) < 4.78 is 11.5. The number of oxazole rings is 1. The molecule has 6 rings (SSSR count). The number of aromatic nitrogens is 1. The number of fused-ring (bicyclic) bond motifs is 1. The van der Waals surface area contributed by atoms with Gasteiger partial charge in [-0.25, -0.2) is 4.98 Å². The highest BCUT2D eigenvalue weighted by atomic mass is 16.5. The van der Waals surface area contributed by atoms with Crippen molar-refractivity contribution in [1.82, 2.24) is 30.3 Å². The number of aliphatic imine (C=N–C) groups is 1. The Kier molecular flexibility index (Phi) is 11.0. The minimum Gasteiger partial charge on any atom is -0.485 e. The van der Waals surface area contributed by atoms with E-state index in [2.05, 4.69) is 38.4 Å². The van der Waals surface area contributed by atoms with Gasteiger partial charge in [0.15, 0.2) is 12.2 Å². The Labute approximate surface area is 284 Å². The van der Waals surface area contributed by atoms with Gasteiger partial charge in [-0.3, -0.25) is 24.8 Å². The Balaban J connectivity index is 0.990. The number of amidine groups is 1. The fourth-order valence-corrected chi connectivity index (χ4v) is 7.29. The van der Waals surface area contributed by atoms with E-state index in [-0.39, 0.29) is 36.4 Å². The summed E-state index contributed by atoms with van der Waals surface area (Å²) in [4.78, 5) is 41.7. The molecule has 3 N–H and O–H groups in total. The van der Waals surface area contributed by atoms with Crippen LogP contribution < -0.4 is 15.4 Å². The van der Waals surface area contributed by atoms with Gasteiger partial charge < -0.3 is 29.4 Å². The molecule has 1 aliphatic carbocycles. The van der Waals surface area contributed by atoms with Gasteiger partial charge in [-0.15, -0.1) is 0 Å². The zero-order valence-corrected chi connectivity index (χ0v) is 29.0. The van der Waals surface area contributed by atoms with Crippen LogP contribution in [0.2, 0.25) is 0 Å². The molecule has 3 aliphatic heterocycles. The van der Waals surface area contributed by atoms with Crippen molar-refractivity contribution in [2.45, 2.75) is 97.7 Å². The molecule has 2 fully saturated rings. The van der Waals surface area contributed by atoms with Crippen LogP contribution in [0.5, 0.6) is 5.75 Å². The summed E-state index contributed by atoms with van der Waals surface area (Å²) in [5, 5.41) is 17.7. The molecule has 2 amide bonds. The number of nitrogens with zero attached hydrogens (tertiary/aromatic N) is 5. The lowest BCUT2D eigenvalue weighted by atomic mass is 9.90. The third-order valence-electron chi connectivity index (χ3n) is 10.5. The van der Waals surface area contributed by atoms with E-state index in [4.69, 9.17) is 14.1 Å². The minimum absolute atomic E-state index is 0.00681. The maximum atomic E-state index is 13.5. The molecule has 262 valence electrons. The summed E-state index contributed by atoms with van der Waals surface area (Å²) >= 11 is 0. The number of aliphatic hydroxyl groups is 1. The average Bonchev–Trinajstić information content (AvgIpc) is 3.48. The highest BCUT2D eigenvalue weighted by Crippen LogP contribution is 2.30. The van der Waals surface area contributed by atoms with Crippen molar-refractivity contribution in [3.63, 3.8) is 0 Å². The van der Waals surface area contributed by atoms with E-state index in [0.29, 0.717) is 45.1 Å². The third-order valence-corrected chi connectivity index (χ3v) is 10.5. The van der Waals surface area contributed by atoms with Crippen LogP contribution in [0.3, 0.4) is 0 Å². The number of carbonyl (C=O) groups excluding carboxylic acids is 2. The second kappa shape index (κ2) is 15.4. The molecule has 4 heterocycles. The molecule has 2 unspecified atom stereocenters. The SMILES string of the molecule is Cc1ncoc1COc1ccc2c(c1C)CCN(C[C@@H](O)CNC(=O)C1CC(N3CCN(C(=O)C(C)C)CC3)=NC(NC3CCC3)C1)C2. The molecule has 0 radical (unpaired) electrons. The summed E-state index contributed by atoms with van der Waals surface area (Å²) in [5.74, 6) is 2.49. The zero-order chi connectivity index (χ0) is 33.8. The standard InChI is InChI=1S/C36H53N7O5/c1-23(2)36(46)43-14-12-42(13-15-43)34-17-27(16-33(40-34)39-28-6-5-7-28)35(45)37-18-29(44)20-41-11-10-30-24(3)31(9-8-26(30)19-41)47-21-32-25(4)38-22-48-32/h8-9,22-23,27-29,33,39,44H,5-7,10-21H2,1-4H3,(H,37,45)/t27?,29-,33?/m0/s1. The number of nitrogens with one attached hydrogen (secondary N) is 2. The lowest BCUT2D eigenvalue weighted by Gasteiger charge is -2.41. The zero-order valence-electron chi connectivity index (χ0n) is 29.0. The number of amides is 2.